The van der Waals surface area contributed by atoms with Gasteiger partial charge >= 0.3 is 0 Å². The first-order chi connectivity index (χ1) is 4.85. The summed E-state index contributed by atoms with van der Waals surface area (Å²) in [5.41, 5.74) is 0. The molecule has 0 aliphatic heterocycles. The highest BCUT2D eigenvalue weighted by atomic mass is 17.1. The van der Waals surface area contributed by atoms with Crippen LogP contribution in [0, 0.1) is 0 Å². The van der Waals surface area contributed by atoms with Crippen molar-refractivity contribution in [3.8, 4) is 0 Å². The van der Waals surface area contributed by atoms with Gasteiger partial charge in [0.15, 0.2) is 0 Å². The van der Waals surface area contributed by atoms with Crippen LogP contribution >= 0.6 is 0 Å². The molecule has 2 heteroatoms. The van der Waals surface area contributed by atoms with Gasteiger partial charge in [-0.25, -0.2) is 4.89 Å². The molecule has 0 saturated heterocycles. The summed E-state index contributed by atoms with van der Waals surface area (Å²) in [6, 6.07) is 0. The van der Waals surface area contributed by atoms with Gasteiger partial charge in [-0.05, 0) is 6.42 Å². The van der Waals surface area contributed by atoms with Crippen LogP contribution in [0.1, 0.15) is 6.42 Å². The van der Waals surface area contributed by atoms with Crippen molar-refractivity contribution >= 4 is 0 Å². The van der Waals surface area contributed by atoms with Gasteiger partial charge in [-0.2, -0.15) is 0 Å². The molecule has 0 aliphatic rings. The second kappa shape index (κ2) is 6.26. The molecule has 1 unspecified atom stereocenters. The van der Waals surface area contributed by atoms with Gasteiger partial charge < -0.3 is 0 Å². The van der Waals surface area contributed by atoms with Crippen molar-refractivity contribution in [1.29, 1.82) is 0 Å². The van der Waals surface area contributed by atoms with E-state index in [-0.39, 0.29) is 6.10 Å². The first kappa shape index (κ1) is 9.14. The van der Waals surface area contributed by atoms with Gasteiger partial charge in [-0.3, -0.25) is 5.26 Å². The molecule has 10 heavy (non-hydrogen) atoms. The predicted molar refractivity (Wildman–Crippen MR) is 41.7 cm³/mol. The van der Waals surface area contributed by atoms with E-state index in [9.17, 15) is 0 Å². The van der Waals surface area contributed by atoms with Crippen molar-refractivity contribution in [2.24, 2.45) is 0 Å². The van der Waals surface area contributed by atoms with Crippen molar-refractivity contribution in [3.63, 3.8) is 0 Å². The molecule has 0 amide bonds. The molecule has 0 aromatic carbocycles. The average molecular weight is 140 g/mol. The lowest BCUT2D eigenvalue weighted by Gasteiger charge is -2.02. The summed E-state index contributed by atoms with van der Waals surface area (Å²) in [7, 11) is 0. The van der Waals surface area contributed by atoms with Crippen LogP contribution in [0.5, 0.6) is 0 Å². The number of hydrogen-bond donors (Lipinski definition) is 1. The van der Waals surface area contributed by atoms with Crippen LogP contribution in [-0.4, -0.2) is 11.4 Å². The minimum atomic E-state index is -0.296. The highest BCUT2D eigenvalue weighted by molar-refractivity contribution is 5.01. The van der Waals surface area contributed by atoms with Crippen LogP contribution in [0.25, 0.3) is 0 Å². The minimum absolute atomic E-state index is 0.296. The Labute approximate surface area is 61.1 Å². The van der Waals surface area contributed by atoms with Gasteiger partial charge in [0, 0.05) is 0 Å². The standard InChI is InChI=1S/C8H12O2/c1-3-5-7-8(10-9)6-4-2/h3-5,7-9H,1-2,6H2/b7-5+. The fourth-order valence-electron chi connectivity index (χ4n) is 0.523. The quantitative estimate of drug-likeness (QED) is 0.274. The molecule has 0 aliphatic carbocycles. The largest absolute Gasteiger partial charge is 0.251 e. The first-order valence-corrected chi connectivity index (χ1v) is 3.05. The smallest absolute Gasteiger partial charge is 0.114 e. The van der Waals surface area contributed by atoms with E-state index in [0.29, 0.717) is 6.42 Å². The summed E-state index contributed by atoms with van der Waals surface area (Å²) in [6.45, 7) is 6.98. The summed E-state index contributed by atoms with van der Waals surface area (Å²) < 4.78 is 0. The fraction of sp³-hybridized carbons (Fsp3) is 0.250. The van der Waals surface area contributed by atoms with Gasteiger partial charge in [0.2, 0.25) is 0 Å². The molecule has 0 rings (SSSR count). The molecule has 56 valence electrons. The van der Waals surface area contributed by atoms with Gasteiger partial charge in [0.1, 0.15) is 6.10 Å². The normalized spacial score (nSPS) is 13.3. The molecule has 0 spiro atoms. The maximum Gasteiger partial charge on any atom is 0.114 e. The Hall–Kier alpha value is -0.860. The molecule has 1 atom stereocenters. The van der Waals surface area contributed by atoms with Crippen molar-refractivity contribution < 1.29 is 10.1 Å². The van der Waals surface area contributed by atoms with Crippen LogP contribution in [-0.2, 0) is 4.89 Å². The SMILES string of the molecule is C=C/C=C/C(CC=C)OO. The molecular formula is C8H12O2. The third-order valence-corrected chi connectivity index (χ3v) is 0.996. The van der Waals surface area contributed by atoms with Crippen molar-refractivity contribution in [2.45, 2.75) is 12.5 Å². The lowest BCUT2D eigenvalue weighted by Crippen LogP contribution is -2.04. The third-order valence-electron chi connectivity index (χ3n) is 0.996. The molecule has 0 heterocycles. The molecule has 0 bridgehead atoms. The zero-order valence-corrected chi connectivity index (χ0v) is 5.86. The predicted octanol–water partition coefficient (Wildman–Crippen LogP) is 2.16. The lowest BCUT2D eigenvalue weighted by atomic mass is 10.2. The summed E-state index contributed by atoms with van der Waals surface area (Å²) in [6.07, 6.45) is 7.01. The molecule has 1 N–H and O–H groups in total. The number of rotatable bonds is 5. The molecule has 2 nitrogen and oxygen atoms in total. The van der Waals surface area contributed by atoms with E-state index in [4.69, 9.17) is 5.26 Å². The van der Waals surface area contributed by atoms with E-state index in [1.54, 1.807) is 24.3 Å². The van der Waals surface area contributed by atoms with E-state index < -0.39 is 0 Å². The topological polar surface area (TPSA) is 29.5 Å². The maximum absolute atomic E-state index is 8.25. The maximum atomic E-state index is 8.25. The Morgan fingerprint density at radius 1 is 1.50 bits per heavy atom. The minimum Gasteiger partial charge on any atom is -0.251 e. The van der Waals surface area contributed by atoms with Gasteiger partial charge in [0.25, 0.3) is 0 Å². The second-order valence-corrected chi connectivity index (χ2v) is 1.79. The van der Waals surface area contributed by atoms with Crippen LogP contribution in [0.3, 0.4) is 0 Å². The van der Waals surface area contributed by atoms with Crippen LogP contribution in [0.15, 0.2) is 37.5 Å². The highest BCUT2D eigenvalue weighted by Crippen LogP contribution is 1.98. The molecule has 0 fully saturated rings. The average Bonchev–Trinajstić information content (AvgIpc) is 1.98. The number of allylic oxidation sites excluding steroid dienone is 2. The number of hydrogen-bond acceptors (Lipinski definition) is 2. The zero-order valence-electron chi connectivity index (χ0n) is 5.86. The van der Waals surface area contributed by atoms with Gasteiger partial charge in [0.05, 0.1) is 0 Å². The van der Waals surface area contributed by atoms with Gasteiger partial charge in [-0.15, -0.1) is 6.58 Å². The monoisotopic (exact) mass is 140 g/mol. The lowest BCUT2D eigenvalue weighted by molar-refractivity contribution is -0.264. The molecule has 0 saturated carbocycles. The van der Waals surface area contributed by atoms with Crippen molar-refractivity contribution in [1.82, 2.24) is 0 Å². The van der Waals surface area contributed by atoms with Crippen molar-refractivity contribution in [2.75, 3.05) is 0 Å². The summed E-state index contributed by atoms with van der Waals surface area (Å²) in [4.78, 5) is 4.09. The molecule has 0 aromatic heterocycles. The van der Waals surface area contributed by atoms with E-state index in [2.05, 4.69) is 18.0 Å². The molecular weight excluding hydrogens is 128 g/mol. The van der Waals surface area contributed by atoms with E-state index in [0.717, 1.165) is 0 Å². The Bertz CT molecular complexity index is 127. The second-order valence-electron chi connectivity index (χ2n) is 1.79. The molecule has 0 aromatic rings. The van der Waals surface area contributed by atoms with Crippen LogP contribution < -0.4 is 0 Å². The summed E-state index contributed by atoms with van der Waals surface area (Å²) in [5, 5.41) is 8.25. The summed E-state index contributed by atoms with van der Waals surface area (Å²) in [5.74, 6) is 0. The third kappa shape index (κ3) is 4.06. The molecule has 0 radical (unpaired) electrons. The fourth-order valence-corrected chi connectivity index (χ4v) is 0.523. The first-order valence-electron chi connectivity index (χ1n) is 3.05. The highest BCUT2D eigenvalue weighted by Gasteiger charge is 1.98. The Kier molecular flexibility index (Phi) is 5.72. The van der Waals surface area contributed by atoms with Crippen LogP contribution in [0.2, 0.25) is 0 Å². The van der Waals surface area contributed by atoms with Gasteiger partial charge in [-0.1, -0.05) is 30.9 Å². The zero-order chi connectivity index (χ0) is 7.82. The Morgan fingerprint density at radius 3 is 2.60 bits per heavy atom. The van der Waals surface area contributed by atoms with Crippen LogP contribution in [0.4, 0.5) is 0 Å². The van der Waals surface area contributed by atoms with E-state index in [1.807, 2.05) is 0 Å². The summed E-state index contributed by atoms with van der Waals surface area (Å²) >= 11 is 0. The van der Waals surface area contributed by atoms with E-state index >= 15 is 0 Å². The Balaban J connectivity index is 3.68. The van der Waals surface area contributed by atoms with Crippen molar-refractivity contribution in [3.05, 3.63) is 37.5 Å². The van der Waals surface area contributed by atoms with E-state index in [1.165, 1.54) is 0 Å². The Morgan fingerprint density at radius 2 is 2.20 bits per heavy atom.